The van der Waals surface area contributed by atoms with Crippen molar-refractivity contribution in [2.75, 3.05) is 6.61 Å². The minimum absolute atomic E-state index is 0.0157. The van der Waals surface area contributed by atoms with Gasteiger partial charge in [-0.15, -0.1) is 0 Å². The summed E-state index contributed by atoms with van der Waals surface area (Å²) in [6, 6.07) is 0. The number of fused-ring (bicyclic) bond motifs is 6. The van der Waals surface area contributed by atoms with Crippen molar-refractivity contribution < 1.29 is 9.84 Å². The van der Waals surface area contributed by atoms with Crippen LogP contribution in [-0.4, -0.2) is 23.4 Å². The summed E-state index contributed by atoms with van der Waals surface area (Å²) < 4.78 is 6.02. The molecule has 1 N–H and O–H groups in total. The Kier molecular flexibility index (Phi) is 2.79. The number of aliphatic hydroxyl groups excluding tert-OH is 1. The Balaban J connectivity index is 1.46. The molecule has 4 aliphatic carbocycles. The van der Waals surface area contributed by atoms with Gasteiger partial charge in [-0.05, 0) is 86.9 Å². The molecule has 1 saturated heterocycles. The van der Waals surface area contributed by atoms with Gasteiger partial charge in [0.05, 0.1) is 18.3 Å². The number of ether oxygens (including phenoxy) is 1. The van der Waals surface area contributed by atoms with Gasteiger partial charge in [0.2, 0.25) is 0 Å². The molecular weight excluding hydrogens is 272 g/mol. The summed E-state index contributed by atoms with van der Waals surface area (Å²) in [6.45, 7) is 6.19. The van der Waals surface area contributed by atoms with Crippen molar-refractivity contribution in [3.63, 3.8) is 0 Å². The van der Waals surface area contributed by atoms with Crippen LogP contribution in [0.2, 0.25) is 0 Å². The van der Waals surface area contributed by atoms with E-state index in [1.165, 1.54) is 44.9 Å². The maximum absolute atomic E-state index is 10.1. The lowest BCUT2D eigenvalue weighted by Crippen LogP contribution is -2.54. The second-order valence-corrected chi connectivity index (χ2v) is 9.86. The Bertz CT molecular complexity index is 484. The topological polar surface area (TPSA) is 32.8 Å². The monoisotopic (exact) mass is 304 g/mol. The summed E-state index contributed by atoms with van der Waals surface area (Å²) in [4.78, 5) is 0. The fourth-order valence-electron chi connectivity index (χ4n) is 7.89. The van der Waals surface area contributed by atoms with Crippen molar-refractivity contribution in [1.29, 1.82) is 0 Å². The molecule has 0 bridgehead atoms. The largest absolute Gasteiger partial charge is 0.393 e. The molecule has 0 amide bonds. The lowest BCUT2D eigenvalue weighted by Gasteiger charge is -2.60. The maximum Gasteiger partial charge on any atom is 0.0972 e. The van der Waals surface area contributed by atoms with Crippen molar-refractivity contribution in [2.24, 2.45) is 34.5 Å². The van der Waals surface area contributed by atoms with E-state index < -0.39 is 0 Å². The quantitative estimate of drug-likeness (QED) is 0.682. The second kappa shape index (κ2) is 4.30. The fourth-order valence-corrected chi connectivity index (χ4v) is 7.89. The van der Waals surface area contributed by atoms with Crippen LogP contribution in [0.1, 0.15) is 71.6 Å². The molecule has 22 heavy (non-hydrogen) atoms. The van der Waals surface area contributed by atoms with Crippen molar-refractivity contribution in [3.05, 3.63) is 0 Å². The van der Waals surface area contributed by atoms with Gasteiger partial charge in [-0.1, -0.05) is 13.8 Å². The molecule has 0 aromatic carbocycles. The normalized spacial score (nSPS) is 63.1. The highest BCUT2D eigenvalue weighted by molar-refractivity contribution is 5.18. The van der Waals surface area contributed by atoms with E-state index >= 15 is 0 Å². The minimum atomic E-state index is -0.0157. The van der Waals surface area contributed by atoms with Crippen LogP contribution >= 0.6 is 0 Å². The van der Waals surface area contributed by atoms with Gasteiger partial charge in [0.1, 0.15) is 0 Å². The zero-order chi connectivity index (χ0) is 15.2. The maximum atomic E-state index is 10.1. The van der Waals surface area contributed by atoms with Crippen LogP contribution in [0.25, 0.3) is 0 Å². The summed E-state index contributed by atoms with van der Waals surface area (Å²) >= 11 is 0. The van der Waals surface area contributed by atoms with Gasteiger partial charge >= 0.3 is 0 Å². The van der Waals surface area contributed by atoms with Crippen LogP contribution < -0.4 is 0 Å². The summed E-state index contributed by atoms with van der Waals surface area (Å²) in [5.74, 6) is 3.57. The molecule has 1 spiro atoms. The first-order valence-corrected chi connectivity index (χ1v) is 9.81. The van der Waals surface area contributed by atoms with Crippen LogP contribution in [0.4, 0.5) is 0 Å². The van der Waals surface area contributed by atoms with Crippen LogP contribution in [0.15, 0.2) is 0 Å². The molecule has 0 radical (unpaired) electrons. The van der Waals surface area contributed by atoms with Gasteiger partial charge in [0.25, 0.3) is 0 Å². The van der Waals surface area contributed by atoms with Crippen molar-refractivity contribution in [2.45, 2.75) is 83.3 Å². The standard InChI is InChI=1S/C20H32O2/c1-18-8-5-14(21)11-13(18)3-4-15-16(18)6-9-19(2)17(15)7-10-20(19)12-22-20/h13-17,21H,3-12H2,1-2H3/t13-,14+,15-,16+,17+,18-,19-,20+/m1/s1. The fraction of sp³-hybridized carbons (Fsp3) is 1.00. The van der Waals surface area contributed by atoms with Gasteiger partial charge in [-0.2, -0.15) is 0 Å². The molecule has 5 fully saturated rings. The molecular formula is C20H32O2. The van der Waals surface area contributed by atoms with E-state index in [0.717, 1.165) is 43.1 Å². The van der Waals surface area contributed by atoms with Crippen LogP contribution in [0, 0.1) is 34.5 Å². The highest BCUT2D eigenvalue weighted by Crippen LogP contribution is 2.71. The van der Waals surface area contributed by atoms with Crippen LogP contribution in [0.5, 0.6) is 0 Å². The molecule has 5 rings (SSSR count). The lowest BCUT2D eigenvalue weighted by molar-refractivity contribution is -0.128. The molecule has 5 aliphatic rings. The van der Waals surface area contributed by atoms with Gasteiger partial charge in [0.15, 0.2) is 0 Å². The Morgan fingerprint density at radius 2 is 1.68 bits per heavy atom. The van der Waals surface area contributed by atoms with Gasteiger partial charge in [-0.3, -0.25) is 0 Å². The number of epoxide rings is 1. The first kappa shape index (κ1) is 14.3. The molecule has 4 saturated carbocycles. The Hall–Kier alpha value is -0.0800. The summed E-state index contributed by atoms with van der Waals surface area (Å²) in [5, 5.41) is 10.1. The van der Waals surface area contributed by atoms with Crippen molar-refractivity contribution in [3.8, 4) is 0 Å². The van der Waals surface area contributed by atoms with Gasteiger partial charge in [0, 0.05) is 5.41 Å². The Morgan fingerprint density at radius 3 is 2.45 bits per heavy atom. The molecule has 1 heterocycles. The average molecular weight is 304 g/mol. The lowest BCUT2D eigenvalue weighted by atomic mass is 9.44. The number of hydrogen-bond donors (Lipinski definition) is 1. The van der Waals surface area contributed by atoms with Crippen molar-refractivity contribution >= 4 is 0 Å². The third-order valence-electron chi connectivity index (χ3n) is 9.42. The van der Waals surface area contributed by atoms with E-state index in [9.17, 15) is 5.11 Å². The smallest absolute Gasteiger partial charge is 0.0972 e. The molecule has 0 unspecified atom stereocenters. The minimum Gasteiger partial charge on any atom is -0.393 e. The predicted molar refractivity (Wildman–Crippen MR) is 86.4 cm³/mol. The van der Waals surface area contributed by atoms with E-state index in [1.54, 1.807) is 0 Å². The first-order chi connectivity index (χ1) is 10.5. The highest BCUT2D eigenvalue weighted by Gasteiger charge is 2.69. The SMILES string of the molecule is C[C@@]12CC[C@H](O)C[C@H]1CC[C@@H]1[C@@H]2CC[C@]2(C)[C@H]1CC[C@]21CO1. The van der Waals surface area contributed by atoms with E-state index in [-0.39, 0.29) is 6.10 Å². The molecule has 0 aromatic rings. The highest BCUT2D eigenvalue weighted by atomic mass is 16.6. The van der Waals surface area contributed by atoms with Gasteiger partial charge < -0.3 is 9.84 Å². The Morgan fingerprint density at radius 1 is 0.909 bits per heavy atom. The van der Waals surface area contributed by atoms with E-state index in [0.29, 0.717) is 16.4 Å². The van der Waals surface area contributed by atoms with Gasteiger partial charge in [-0.25, -0.2) is 0 Å². The number of rotatable bonds is 0. The predicted octanol–water partition coefficient (Wildman–Crippen LogP) is 4.16. The summed E-state index contributed by atoms with van der Waals surface area (Å²) in [6.07, 6.45) is 11.7. The third-order valence-corrected chi connectivity index (χ3v) is 9.42. The molecule has 2 heteroatoms. The molecule has 1 aliphatic heterocycles. The van der Waals surface area contributed by atoms with E-state index in [1.807, 2.05) is 0 Å². The van der Waals surface area contributed by atoms with Crippen molar-refractivity contribution in [1.82, 2.24) is 0 Å². The zero-order valence-electron chi connectivity index (χ0n) is 14.3. The average Bonchev–Trinajstić information content (AvgIpc) is 3.22. The molecule has 8 atom stereocenters. The van der Waals surface area contributed by atoms with E-state index in [4.69, 9.17) is 4.74 Å². The first-order valence-electron chi connectivity index (χ1n) is 9.81. The molecule has 124 valence electrons. The second-order valence-electron chi connectivity index (χ2n) is 9.86. The number of aliphatic hydroxyl groups is 1. The summed E-state index contributed by atoms with van der Waals surface area (Å²) in [7, 11) is 0. The Labute approximate surface area is 135 Å². The summed E-state index contributed by atoms with van der Waals surface area (Å²) in [5.41, 5.74) is 1.29. The van der Waals surface area contributed by atoms with Crippen LogP contribution in [-0.2, 0) is 4.74 Å². The van der Waals surface area contributed by atoms with E-state index in [2.05, 4.69) is 13.8 Å². The zero-order valence-corrected chi connectivity index (χ0v) is 14.3. The van der Waals surface area contributed by atoms with Crippen LogP contribution in [0.3, 0.4) is 0 Å². The number of hydrogen-bond acceptors (Lipinski definition) is 2. The molecule has 0 aromatic heterocycles. The third kappa shape index (κ3) is 1.59. The molecule has 2 nitrogen and oxygen atoms in total.